The van der Waals surface area contributed by atoms with Crippen LogP contribution in [0.25, 0.3) is 0 Å². The van der Waals surface area contributed by atoms with E-state index in [-0.39, 0.29) is 23.8 Å². The van der Waals surface area contributed by atoms with Crippen molar-refractivity contribution in [2.24, 2.45) is 5.73 Å². The molecule has 0 aromatic heterocycles. The van der Waals surface area contributed by atoms with E-state index < -0.39 is 17.7 Å². The largest absolute Gasteiger partial charge is 0.489 e. The summed E-state index contributed by atoms with van der Waals surface area (Å²) in [5.41, 5.74) is 8.95. The number of halogens is 1. The van der Waals surface area contributed by atoms with Crippen LogP contribution in [0.2, 0.25) is 0 Å². The van der Waals surface area contributed by atoms with Crippen molar-refractivity contribution in [1.82, 2.24) is 0 Å². The smallest absolute Gasteiger partial charge is 0.349 e. The molecule has 194 valence electrons. The molecule has 0 radical (unpaired) electrons. The second-order valence-corrected chi connectivity index (χ2v) is 8.68. The highest BCUT2D eigenvalue weighted by Gasteiger charge is 2.31. The van der Waals surface area contributed by atoms with Crippen molar-refractivity contribution < 1.29 is 28.1 Å². The summed E-state index contributed by atoms with van der Waals surface area (Å²) in [6.45, 7) is 0.0680. The summed E-state index contributed by atoms with van der Waals surface area (Å²) in [6.07, 6.45) is 0. The highest BCUT2D eigenvalue weighted by molar-refractivity contribution is 5.74. The molecular weight excluding hydrogens is 499 g/mol. The second-order valence-electron chi connectivity index (χ2n) is 8.68. The van der Waals surface area contributed by atoms with Gasteiger partial charge >= 0.3 is 5.97 Å². The Morgan fingerprint density at radius 2 is 1.56 bits per heavy atom. The van der Waals surface area contributed by atoms with E-state index in [0.29, 0.717) is 29.4 Å². The number of nitrogens with two attached hydrogens (primary N) is 1. The number of rotatable bonds is 8. The third-order valence-electron chi connectivity index (χ3n) is 6.05. The van der Waals surface area contributed by atoms with Gasteiger partial charge in [0.2, 0.25) is 5.88 Å². The molecule has 1 atom stereocenters. The van der Waals surface area contributed by atoms with Crippen molar-refractivity contribution in [3.63, 3.8) is 0 Å². The van der Waals surface area contributed by atoms with Gasteiger partial charge in [-0.2, -0.15) is 5.26 Å². The number of benzene rings is 4. The Labute approximate surface area is 224 Å². The zero-order valence-electron chi connectivity index (χ0n) is 20.7. The minimum absolute atomic E-state index is 0.0254. The number of hydrogen-bond acceptors (Lipinski definition) is 7. The number of esters is 1. The molecule has 2 N–H and O–H groups in total. The van der Waals surface area contributed by atoms with Gasteiger partial charge in [-0.05, 0) is 53.6 Å². The molecule has 1 heterocycles. The van der Waals surface area contributed by atoms with Crippen molar-refractivity contribution >= 4 is 5.97 Å². The number of nitrogens with zero attached hydrogens (tertiary/aromatic N) is 1. The van der Waals surface area contributed by atoms with Gasteiger partial charge in [0.15, 0.2) is 6.61 Å². The van der Waals surface area contributed by atoms with Crippen molar-refractivity contribution in [2.75, 3.05) is 6.61 Å². The maximum absolute atomic E-state index is 13.0. The molecule has 4 aromatic carbocycles. The molecule has 0 fully saturated rings. The first-order valence-corrected chi connectivity index (χ1v) is 12.1. The first-order valence-electron chi connectivity index (χ1n) is 12.1. The predicted octanol–water partition coefficient (Wildman–Crippen LogP) is 5.61. The highest BCUT2D eigenvalue weighted by atomic mass is 19.1. The summed E-state index contributed by atoms with van der Waals surface area (Å²) in [5, 5.41) is 9.83. The first kappa shape index (κ1) is 25.4. The lowest BCUT2D eigenvalue weighted by atomic mass is 9.83. The Morgan fingerprint density at radius 1 is 0.897 bits per heavy atom. The molecule has 5 rings (SSSR count). The van der Waals surface area contributed by atoms with Gasteiger partial charge in [-0.1, -0.05) is 48.5 Å². The maximum atomic E-state index is 13.0. The standard InChI is InChI=1S/C31H23FN2O5/c32-22-8-12-24(13-9-22)37-19-29(35)38-25-14-15-26-28(16-25)39-31(34)27(17-33)30(26)21-6-10-23(11-7-21)36-18-20-4-2-1-3-5-20/h1-16,30H,18-19,34H2. The van der Waals surface area contributed by atoms with Gasteiger partial charge in [0.05, 0.1) is 5.92 Å². The number of hydrogen-bond donors (Lipinski definition) is 1. The fraction of sp³-hybridized carbons (Fsp3) is 0.0968. The van der Waals surface area contributed by atoms with Crippen LogP contribution in [0.4, 0.5) is 4.39 Å². The average Bonchev–Trinajstić information content (AvgIpc) is 2.96. The molecule has 1 unspecified atom stereocenters. The quantitative estimate of drug-likeness (QED) is 0.237. The Balaban J connectivity index is 1.30. The van der Waals surface area contributed by atoms with Gasteiger partial charge in [-0.3, -0.25) is 0 Å². The summed E-state index contributed by atoms with van der Waals surface area (Å²) in [6, 6.07) is 29.6. The number of carbonyl (C=O) groups excluding carboxylic acids is 1. The van der Waals surface area contributed by atoms with Gasteiger partial charge in [-0.15, -0.1) is 0 Å². The summed E-state index contributed by atoms with van der Waals surface area (Å²) in [5.74, 6) is 0.0510. The molecule has 0 spiro atoms. The van der Waals surface area contributed by atoms with Crippen LogP contribution in [0.5, 0.6) is 23.0 Å². The van der Waals surface area contributed by atoms with E-state index in [1.807, 2.05) is 54.6 Å². The number of fused-ring (bicyclic) bond motifs is 1. The fourth-order valence-corrected chi connectivity index (χ4v) is 4.17. The Morgan fingerprint density at radius 3 is 2.28 bits per heavy atom. The lowest BCUT2D eigenvalue weighted by Crippen LogP contribution is -2.21. The monoisotopic (exact) mass is 522 g/mol. The number of ether oxygens (including phenoxy) is 4. The van der Waals surface area contributed by atoms with Crippen LogP contribution in [-0.2, 0) is 11.4 Å². The first-order chi connectivity index (χ1) is 19.0. The summed E-state index contributed by atoms with van der Waals surface area (Å²) < 4.78 is 35.3. The van der Waals surface area contributed by atoms with Gasteiger partial charge in [-0.25, -0.2) is 9.18 Å². The fourth-order valence-electron chi connectivity index (χ4n) is 4.17. The van der Waals surface area contributed by atoms with E-state index in [0.717, 1.165) is 11.1 Å². The number of allylic oxidation sites excluding steroid dienone is 1. The lowest BCUT2D eigenvalue weighted by Gasteiger charge is -2.26. The van der Waals surface area contributed by atoms with E-state index in [1.165, 1.54) is 30.3 Å². The Hall–Kier alpha value is -5.29. The van der Waals surface area contributed by atoms with E-state index in [4.69, 9.17) is 24.7 Å². The van der Waals surface area contributed by atoms with Crippen molar-refractivity contribution in [3.8, 4) is 29.1 Å². The lowest BCUT2D eigenvalue weighted by molar-refractivity contribution is -0.136. The Kier molecular flexibility index (Phi) is 7.41. The molecule has 8 heteroatoms. The van der Waals surface area contributed by atoms with Crippen LogP contribution >= 0.6 is 0 Å². The van der Waals surface area contributed by atoms with E-state index in [2.05, 4.69) is 6.07 Å². The molecule has 0 bridgehead atoms. The van der Waals surface area contributed by atoms with Gasteiger partial charge in [0.1, 0.15) is 47.1 Å². The van der Waals surface area contributed by atoms with Crippen LogP contribution in [0.15, 0.2) is 109 Å². The highest BCUT2D eigenvalue weighted by Crippen LogP contribution is 2.43. The maximum Gasteiger partial charge on any atom is 0.349 e. The zero-order chi connectivity index (χ0) is 27.2. The molecule has 0 saturated heterocycles. The normalized spacial score (nSPS) is 14.0. The molecular formula is C31H23FN2O5. The zero-order valence-corrected chi connectivity index (χ0v) is 20.7. The van der Waals surface area contributed by atoms with Crippen LogP contribution in [0, 0.1) is 17.1 Å². The van der Waals surface area contributed by atoms with Gasteiger partial charge < -0.3 is 24.7 Å². The minimum atomic E-state index is -0.654. The second kappa shape index (κ2) is 11.4. The molecule has 0 saturated carbocycles. The van der Waals surface area contributed by atoms with E-state index >= 15 is 0 Å². The molecule has 0 amide bonds. The predicted molar refractivity (Wildman–Crippen MR) is 140 cm³/mol. The van der Waals surface area contributed by atoms with Crippen molar-refractivity contribution in [1.29, 1.82) is 5.26 Å². The summed E-state index contributed by atoms with van der Waals surface area (Å²) in [7, 11) is 0. The average molecular weight is 523 g/mol. The molecule has 39 heavy (non-hydrogen) atoms. The molecule has 1 aliphatic heterocycles. The summed E-state index contributed by atoms with van der Waals surface area (Å²) in [4.78, 5) is 12.3. The third-order valence-corrected chi connectivity index (χ3v) is 6.05. The third kappa shape index (κ3) is 6.00. The number of nitriles is 1. The van der Waals surface area contributed by atoms with Crippen LogP contribution < -0.4 is 24.7 Å². The summed E-state index contributed by atoms with van der Waals surface area (Å²) >= 11 is 0. The van der Waals surface area contributed by atoms with Gasteiger partial charge in [0.25, 0.3) is 0 Å². The van der Waals surface area contributed by atoms with Gasteiger partial charge in [0, 0.05) is 11.6 Å². The van der Waals surface area contributed by atoms with Crippen molar-refractivity contribution in [2.45, 2.75) is 12.5 Å². The van der Waals surface area contributed by atoms with Crippen LogP contribution in [0.1, 0.15) is 22.6 Å². The molecule has 4 aromatic rings. The SMILES string of the molecule is N#CC1=C(N)Oc2cc(OC(=O)COc3ccc(F)cc3)ccc2C1c1ccc(OCc2ccccc2)cc1. The molecule has 7 nitrogen and oxygen atoms in total. The molecule has 1 aliphatic rings. The Bertz CT molecular complexity index is 1550. The van der Waals surface area contributed by atoms with E-state index in [1.54, 1.807) is 12.1 Å². The minimum Gasteiger partial charge on any atom is -0.489 e. The van der Waals surface area contributed by atoms with Crippen molar-refractivity contribution in [3.05, 3.63) is 131 Å². The van der Waals surface area contributed by atoms with Crippen LogP contribution in [-0.4, -0.2) is 12.6 Å². The van der Waals surface area contributed by atoms with E-state index in [9.17, 15) is 14.4 Å². The van der Waals surface area contributed by atoms with Crippen LogP contribution in [0.3, 0.4) is 0 Å². The number of carbonyl (C=O) groups is 1. The molecule has 0 aliphatic carbocycles. The topological polar surface area (TPSA) is 104 Å².